The van der Waals surface area contributed by atoms with Crippen molar-refractivity contribution in [3.8, 4) is 0 Å². The van der Waals surface area contributed by atoms with Gasteiger partial charge in [0.2, 0.25) is 0 Å². The van der Waals surface area contributed by atoms with Crippen LogP contribution in [-0.2, 0) is 4.79 Å². The van der Waals surface area contributed by atoms with Crippen molar-refractivity contribution in [2.75, 3.05) is 5.32 Å². The topological polar surface area (TPSA) is 41.1 Å². The fraction of sp³-hybridized carbons (Fsp3) is 0.467. The summed E-state index contributed by atoms with van der Waals surface area (Å²) in [5.74, 6) is -0.218. The lowest BCUT2D eigenvalue weighted by Crippen LogP contribution is -2.41. The standard InChI is InChI=1S/C15H20N2OS/c1-11-7-9-13(10-8-11)16-14(18)15(19)17-12-5-3-2-4-6-12/h7-10,12H,2-6H2,1H3,(H,16,18)(H,17,19). The minimum Gasteiger partial charge on any atom is -0.369 e. The lowest BCUT2D eigenvalue weighted by molar-refractivity contribution is -0.110. The van der Waals surface area contributed by atoms with E-state index in [9.17, 15) is 4.79 Å². The fourth-order valence-electron chi connectivity index (χ4n) is 2.32. The van der Waals surface area contributed by atoms with Gasteiger partial charge in [-0.2, -0.15) is 0 Å². The Kier molecular flexibility index (Phi) is 4.91. The largest absolute Gasteiger partial charge is 0.369 e. The molecule has 0 heterocycles. The molecular formula is C15H20N2OS. The first kappa shape index (κ1) is 14.0. The zero-order valence-electron chi connectivity index (χ0n) is 11.2. The first-order valence-electron chi connectivity index (χ1n) is 6.83. The Morgan fingerprint density at radius 2 is 1.79 bits per heavy atom. The Hall–Kier alpha value is -1.42. The lowest BCUT2D eigenvalue weighted by atomic mass is 9.95. The predicted octanol–water partition coefficient (Wildman–Crippen LogP) is 3.18. The summed E-state index contributed by atoms with van der Waals surface area (Å²) in [4.78, 5) is 12.3. The van der Waals surface area contributed by atoms with Crippen molar-refractivity contribution in [1.82, 2.24) is 5.32 Å². The molecule has 1 aromatic rings. The van der Waals surface area contributed by atoms with Crippen molar-refractivity contribution in [1.29, 1.82) is 0 Å². The summed E-state index contributed by atoms with van der Waals surface area (Å²) >= 11 is 5.16. The molecule has 0 atom stereocenters. The van der Waals surface area contributed by atoms with E-state index in [0.717, 1.165) is 18.5 Å². The molecule has 1 aliphatic carbocycles. The van der Waals surface area contributed by atoms with Gasteiger partial charge in [0, 0.05) is 11.7 Å². The van der Waals surface area contributed by atoms with Gasteiger partial charge in [-0.15, -0.1) is 0 Å². The number of nitrogens with one attached hydrogen (secondary N) is 2. The average Bonchev–Trinajstić information content (AvgIpc) is 2.42. The van der Waals surface area contributed by atoms with E-state index in [1.807, 2.05) is 31.2 Å². The highest BCUT2D eigenvalue weighted by atomic mass is 32.1. The third kappa shape index (κ3) is 4.31. The van der Waals surface area contributed by atoms with Crippen LogP contribution in [0.25, 0.3) is 0 Å². The normalized spacial score (nSPS) is 15.8. The van der Waals surface area contributed by atoms with E-state index in [1.165, 1.54) is 24.8 Å². The molecule has 2 N–H and O–H groups in total. The Morgan fingerprint density at radius 1 is 1.16 bits per heavy atom. The predicted molar refractivity (Wildman–Crippen MR) is 82.4 cm³/mol. The molecule has 1 fully saturated rings. The number of anilines is 1. The van der Waals surface area contributed by atoms with E-state index in [2.05, 4.69) is 10.6 Å². The van der Waals surface area contributed by atoms with Crippen molar-refractivity contribution >= 4 is 28.8 Å². The maximum Gasteiger partial charge on any atom is 0.283 e. The average molecular weight is 276 g/mol. The van der Waals surface area contributed by atoms with Crippen molar-refractivity contribution < 1.29 is 4.79 Å². The Balaban J connectivity index is 1.84. The second-order valence-electron chi connectivity index (χ2n) is 5.13. The van der Waals surface area contributed by atoms with Crippen molar-refractivity contribution in [2.24, 2.45) is 0 Å². The fourth-order valence-corrected chi connectivity index (χ4v) is 2.54. The number of carbonyl (C=O) groups excluding carboxylic acids is 1. The van der Waals surface area contributed by atoms with Crippen molar-refractivity contribution in [2.45, 2.75) is 45.1 Å². The van der Waals surface area contributed by atoms with Crippen LogP contribution in [0, 0.1) is 6.92 Å². The highest BCUT2D eigenvalue weighted by Gasteiger charge is 2.17. The Morgan fingerprint density at radius 3 is 2.42 bits per heavy atom. The molecule has 0 bridgehead atoms. The first-order valence-corrected chi connectivity index (χ1v) is 7.24. The van der Waals surface area contributed by atoms with Gasteiger partial charge >= 0.3 is 0 Å². The second-order valence-corrected chi connectivity index (χ2v) is 5.54. The van der Waals surface area contributed by atoms with Gasteiger partial charge < -0.3 is 10.6 Å². The SMILES string of the molecule is Cc1ccc(NC(=O)C(=S)NC2CCCCC2)cc1. The van der Waals surface area contributed by atoms with Crippen LogP contribution >= 0.6 is 12.2 Å². The molecule has 1 aromatic carbocycles. The number of thiocarbonyl (C=S) groups is 1. The quantitative estimate of drug-likeness (QED) is 0.815. The van der Waals surface area contributed by atoms with Gasteiger partial charge in [-0.05, 0) is 31.9 Å². The van der Waals surface area contributed by atoms with Crippen LogP contribution in [0.5, 0.6) is 0 Å². The summed E-state index contributed by atoms with van der Waals surface area (Å²) in [6.45, 7) is 2.01. The lowest BCUT2D eigenvalue weighted by Gasteiger charge is -2.23. The third-order valence-electron chi connectivity index (χ3n) is 3.46. The number of rotatable bonds is 2. The molecule has 0 unspecified atom stereocenters. The van der Waals surface area contributed by atoms with Crippen LogP contribution in [-0.4, -0.2) is 16.9 Å². The molecule has 1 amide bonds. The molecule has 1 saturated carbocycles. The number of hydrogen-bond donors (Lipinski definition) is 2. The zero-order chi connectivity index (χ0) is 13.7. The minimum atomic E-state index is -0.218. The van der Waals surface area contributed by atoms with E-state index in [-0.39, 0.29) is 5.91 Å². The maximum absolute atomic E-state index is 12.0. The molecule has 19 heavy (non-hydrogen) atoms. The summed E-state index contributed by atoms with van der Waals surface area (Å²) in [7, 11) is 0. The summed E-state index contributed by atoms with van der Waals surface area (Å²) < 4.78 is 0. The summed E-state index contributed by atoms with van der Waals surface area (Å²) in [6, 6.07) is 8.07. The molecule has 1 aliphatic rings. The number of carbonyl (C=O) groups is 1. The molecule has 0 aromatic heterocycles. The summed E-state index contributed by atoms with van der Waals surface area (Å²) in [5.41, 5.74) is 1.95. The minimum absolute atomic E-state index is 0.218. The van der Waals surface area contributed by atoms with E-state index in [1.54, 1.807) is 0 Å². The number of amides is 1. The van der Waals surface area contributed by atoms with Gasteiger partial charge in [0.05, 0.1) is 0 Å². The van der Waals surface area contributed by atoms with Gasteiger partial charge in [-0.3, -0.25) is 4.79 Å². The van der Waals surface area contributed by atoms with Crippen LogP contribution in [0.2, 0.25) is 0 Å². The first-order chi connectivity index (χ1) is 9.15. The maximum atomic E-state index is 12.0. The van der Waals surface area contributed by atoms with Crippen LogP contribution < -0.4 is 10.6 Å². The molecule has 102 valence electrons. The summed E-state index contributed by atoms with van der Waals surface area (Å²) in [5, 5.41) is 5.99. The van der Waals surface area contributed by atoms with E-state index in [0.29, 0.717) is 11.0 Å². The molecule has 0 spiro atoms. The summed E-state index contributed by atoms with van der Waals surface area (Å²) in [6.07, 6.45) is 5.95. The highest BCUT2D eigenvalue weighted by molar-refractivity contribution is 7.82. The molecular weight excluding hydrogens is 256 g/mol. The highest BCUT2D eigenvalue weighted by Crippen LogP contribution is 2.17. The number of aryl methyl sites for hydroxylation is 1. The van der Waals surface area contributed by atoms with Gasteiger partial charge in [-0.25, -0.2) is 0 Å². The van der Waals surface area contributed by atoms with E-state index in [4.69, 9.17) is 12.2 Å². The molecule has 0 aliphatic heterocycles. The van der Waals surface area contributed by atoms with Gasteiger partial charge in [0.15, 0.2) is 4.99 Å². The van der Waals surface area contributed by atoms with Crippen LogP contribution in [0.4, 0.5) is 5.69 Å². The molecule has 0 saturated heterocycles. The van der Waals surface area contributed by atoms with E-state index >= 15 is 0 Å². The van der Waals surface area contributed by atoms with Crippen LogP contribution in [0.1, 0.15) is 37.7 Å². The molecule has 3 nitrogen and oxygen atoms in total. The Labute approximate surface area is 119 Å². The zero-order valence-corrected chi connectivity index (χ0v) is 12.1. The van der Waals surface area contributed by atoms with Crippen molar-refractivity contribution in [3.63, 3.8) is 0 Å². The molecule has 4 heteroatoms. The van der Waals surface area contributed by atoms with Crippen LogP contribution in [0.3, 0.4) is 0 Å². The van der Waals surface area contributed by atoms with Gasteiger partial charge in [0.25, 0.3) is 5.91 Å². The Bertz CT molecular complexity index is 450. The second kappa shape index (κ2) is 6.66. The smallest absolute Gasteiger partial charge is 0.283 e. The van der Waals surface area contributed by atoms with Crippen molar-refractivity contribution in [3.05, 3.63) is 29.8 Å². The van der Waals surface area contributed by atoms with E-state index < -0.39 is 0 Å². The third-order valence-corrected chi connectivity index (χ3v) is 3.76. The molecule has 2 rings (SSSR count). The molecule has 0 radical (unpaired) electrons. The monoisotopic (exact) mass is 276 g/mol. The van der Waals surface area contributed by atoms with Gasteiger partial charge in [0.1, 0.15) is 0 Å². The van der Waals surface area contributed by atoms with Gasteiger partial charge in [-0.1, -0.05) is 49.2 Å². The number of benzene rings is 1. The van der Waals surface area contributed by atoms with Crippen LogP contribution in [0.15, 0.2) is 24.3 Å². The number of hydrogen-bond acceptors (Lipinski definition) is 2.